The Morgan fingerprint density at radius 3 is 2.24 bits per heavy atom. The van der Waals surface area contributed by atoms with Gasteiger partial charge in [0.25, 0.3) is 15.9 Å². The van der Waals surface area contributed by atoms with E-state index in [9.17, 15) is 13.2 Å². The van der Waals surface area contributed by atoms with Crippen molar-refractivity contribution in [3.05, 3.63) is 88.9 Å². The van der Waals surface area contributed by atoms with Gasteiger partial charge in [-0.05, 0) is 61.0 Å². The number of halogens is 1. The molecule has 9 heteroatoms. The molecule has 0 heterocycles. The molecular formula is C24H25ClN2O5S. The van der Waals surface area contributed by atoms with E-state index in [0.29, 0.717) is 16.5 Å². The lowest BCUT2D eigenvalue weighted by Gasteiger charge is -2.25. The fourth-order valence-corrected chi connectivity index (χ4v) is 4.59. The summed E-state index contributed by atoms with van der Waals surface area (Å²) < 4.78 is 33.8. The van der Waals surface area contributed by atoms with Gasteiger partial charge in [-0.3, -0.25) is 9.10 Å². The van der Waals surface area contributed by atoms with Crippen molar-refractivity contribution >= 4 is 33.2 Å². The highest BCUT2D eigenvalue weighted by molar-refractivity contribution is 7.92. The van der Waals surface area contributed by atoms with Crippen molar-refractivity contribution in [3.8, 4) is 5.75 Å². The first kappa shape index (κ1) is 24.6. The van der Waals surface area contributed by atoms with Gasteiger partial charge in [0.1, 0.15) is 5.75 Å². The molecule has 0 spiro atoms. The van der Waals surface area contributed by atoms with Crippen LogP contribution in [-0.2, 0) is 21.4 Å². The Kier molecular flexibility index (Phi) is 8.32. The van der Waals surface area contributed by atoms with E-state index in [-0.39, 0.29) is 37.1 Å². The zero-order chi connectivity index (χ0) is 23.8. The second kappa shape index (κ2) is 11.2. The second-order valence-electron chi connectivity index (χ2n) is 7.31. The molecule has 33 heavy (non-hydrogen) atoms. The number of rotatable bonds is 10. The largest absolute Gasteiger partial charge is 0.484 e. The molecule has 7 nitrogen and oxygen atoms in total. The zero-order valence-electron chi connectivity index (χ0n) is 18.1. The van der Waals surface area contributed by atoms with Crippen molar-refractivity contribution in [3.63, 3.8) is 0 Å². The van der Waals surface area contributed by atoms with Gasteiger partial charge < -0.3 is 15.2 Å². The summed E-state index contributed by atoms with van der Waals surface area (Å²) >= 11 is 5.98. The quantitative estimate of drug-likeness (QED) is 0.455. The molecule has 3 rings (SSSR count). The van der Waals surface area contributed by atoms with Crippen LogP contribution >= 0.6 is 11.6 Å². The molecule has 0 saturated heterocycles. The van der Waals surface area contributed by atoms with Gasteiger partial charge >= 0.3 is 0 Å². The van der Waals surface area contributed by atoms with Crippen molar-refractivity contribution < 1.29 is 23.1 Å². The first-order valence-corrected chi connectivity index (χ1v) is 12.1. The van der Waals surface area contributed by atoms with E-state index >= 15 is 0 Å². The Morgan fingerprint density at radius 2 is 1.64 bits per heavy atom. The monoisotopic (exact) mass is 488 g/mol. The molecule has 0 radical (unpaired) electrons. The van der Waals surface area contributed by atoms with Crippen LogP contribution in [0, 0.1) is 6.92 Å². The molecule has 0 aliphatic rings. The third-order valence-electron chi connectivity index (χ3n) is 4.78. The molecule has 3 aromatic carbocycles. The van der Waals surface area contributed by atoms with Crippen LogP contribution < -0.4 is 14.4 Å². The number of aliphatic hydroxyl groups excluding tert-OH is 1. The van der Waals surface area contributed by atoms with Gasteiger partial charge in [-0.25, -0.2) is 8.42 Å². The van der Waals surface area contributed by atoms with Crippen molar-refractivity contribution in [1.82, 2.24) is 5.32 Å². The number of sulfonamides is 1. The Labute approximate surface area is 198 Å². The number of hydrogen-bond donors (Lipinski definition) is 2. The van der Waals surface area contributed by atoms with Crippen molar-refractivity contribution in [2.45, 2.75) is 18.4 Å². The number of carbonyl (C=O) groups excluding carboxylic acids is 1. The molecule has 0 unspecified atom stereocenters. The normalized spacial score (nSPS) is 11.1. The second-order valence-corrected chi connectivity index (χ2v) is 9.61. The number of aliphatic hydroxyl groups is 1. The average Bonchev–Trinajstić information content (AvgIpc) is 2.81. The average molecular weight is 489 g/mol. The molecule has 0 aromatic heterocycles. The number of nitrogens with one attached hydrogen (secondary N) is 1. The summed E-state index contributed by atoms with van der Waals surface area (Å²) in [7, 11) is -3.86. The van der Waals surface area contributed by atoms with E-state index in [2.05, 4.69) is 5.32 Å². The molecule has 1 amide bonds. The molecule has 2 N–H and O–H groups in total. The van der Waals surface area contributed by atoms with Crippen molar-refractivity contribution in [2.75, 3.05) is 24.1 Å². The maximum atomic E-state index is 13.5. The molecule has 0 aliphatic heterocycles. The Balaban J connectivity index is 1.86. The highest BCUT2D eigenvalue weighted by Crippen LogP contribution is 2.28. The molecular weight excluding hydrogens is 464 g/mol. The Morgan fingerprint density at radius 1 is 1.00 bits per heavy atom. The number of anilines is 1. The summed E-state index contributed by atoms with van der Waals surface area (Å²) in [5.41, 5.74) is 2.18. The number of aryl methyl sites for hydroxylation is 1. The van der Waals surface area contributed by atoms with Crippen LogP contribution in [-0.4, -0.2) is 39.2 Å². The van der Waals surface area contributed by atoms with Crippen molar-refractivity contribution in [1.29, 1.82) is 0 Å². The number of hydrogen-bond acceptors (Lipinski definition) is 5. The SMILES string of the molecule is Cc1ccc(S(=O)(=O)N(Cc2ccc(Cl)cc2)c2ccc(OCC(=O)NCCO)cc2)cc1. The molecule has 3 aromatic rings. The van der Waals surface area contributed by atoms with E-state index < -0.39 is 10.0 Å². The van der Waals surface area contributed by atoms with E-state index in [4.69, 9.17) is 21.4 Å². The van der Waals surface area contributed by atoms with E-state index in [1.165, 1.54) is 4.31 Å². The molecule has 0 aliphatic carbocycles. The lowest BCUT2D eigenvalue weighted by atomic mass is 10.2. The maximum Gasteiger partial charge on any atom is 0.264 e. The summed E-state index contributed by atoms with van der Waals surface area (Å²) in [5, 5.41) is 11.8. The molecule has 0 fully saturated rings. The van der Waals surface area contributed by atoms with Gasteiger partial charge in [-0.15, -0.1) is 0 Å². The van der Waals surface area contributed by atoms with Crippen molar-refractivity contribution in [2.24, 2.45) is 0 Å². The van der Waals surface area contributed by atoms with E-state index in [1.54, 1.807) is 72.8 Å². The number of benzene rings is 3. The third kappa shape index (κ3) is 6.71. The van der Waals surface area contributed by atoms with Gasteiger partial charge in [0.05, 0.1) is 23.7 Å². The van der Waals surface area contributed by atoms with Crippen LogP contribution in [0.1, 0.15) is 11.1 Å². The minimum absolute atomic E-state index is 0.108. The standard InChI is InChI=1S/C24H25ClN2O5S/c1-18-2-12-23(13-3-18)33(30,31)27(16-19-4-6-20(25)7-5-19)21-8-10-22(11-9-21)32-17-24(29)26-14-15-28/h2-13,28H,14-17H2,1H3,(H,26,29). The number of carbonyl (C=O) groups is 1. The van der Waals surface area contributed by atoms with Crippen LogP contribution in [0.2, 0.25) is 5.02 Å². The molecule has 0 atom stereocenters. The summed E-state index contributed by atoms with van der Waals surface area (Å²) in [5.74, 6) is 0.0523. The minimum atomic E-state index is -3.86. The zero-order valence-corrected chi connectivity index (χ0v) is 19.6. The van der Waals surface area contributed by atoms with Crippen LogP contribution in [0.3, 0.4) is 0 Å². The smallest absolute Gasteiger partial charge is 0.264 e. The van der Waals surface area contributed by atoms with E-state index in [1.807, 2.05) is 6.92 Å². The highest BCUT2D eigenvalue weighted by Gasteiger charge is 2.25. The van der Waals surface area contributed by atoms with Gasteiger partial charge in [0.2, 0.25) is 0 Å². The van der Waals surface area contributed by atoms with Crippen LogP contribution in [0.25, 0.3) is 0 Å². The van der Waals surface area contributed by atoms with E-state index in [0.717, 1.165) is 11.1 Å². The Bertz CT molecular complexity index is 1160. The number of amides is 1. The lowest BCUT2D eigenvalue weighted by molar-refractivity contribution is -0.123. The summed E-state index contributed by atoms with van der Waals surface area (Å²) in [6.07, 6.45) is 0. The maximum absolute atomic E-state index is 13.5. The lowest BCUT2D eigenvalue weighted by Crippen LogP contribution is -2.31. The predicted molar refractivity (Wildman–Crippen MR) is 128 cm³/mol. The first-order chi connectivity index (χ1) is 15.8. The van der Waals surface area contributed by atoms with Gasteiger partial charge in [0, 0.05) is 11.6 Å². The number of ether oxygens (including phenoxy) is 1. The number of nitrogens with zero attached hydrogens (tertiary/aromatic N) is 1. The van der Waals surface area contributed by atoms with Crippen LogP contribution in [0.15, 0.2) is 77.7 Å². The third-order valence-corrected chi connectivity index (χ3v) is 6.82. The first-order valence-electron chi connectivity index (χ1n) is 10.2. The van der Waals surface area contributed by atoms with Gasteiger partial charge in [-0.2, -0.15) is 0 Å². The summed E-state index contributed by atoms with van der Waals surface area (Å²) in [6.45, 7) is 1.79. The topological polar surface area (TPSA) is 95.9 Å². The molecule has 0 saturated carbocycles. The summed E-state index contributed by atoms with van der Waals surface area (Å²) in [4.78, 5) is 11.8. The predicted octanol–water partition coefficient (Wildman–Crippen LogP) is 3.53. The van der Waals surface area contributed by atoms with Gasteiger partial charge in [-0.1, -0.05) is 41.4 Å². The summed E-state index contributed by atoms with van der Waals surface area (Å²) in [6, 6.07) is 20.1. The highest BCUT2D eigenvalue weighted by atomic mass is 35.5. The molecule has 174 valence electrons. The minimum Gasteiger partial charge on any atom is -0.484 e. The fourth-order valence-electron chi connectivity index (χ4n) is 3.01. The van der Waals surface area contributed by atoms with Crippen LogP contribution in [0.4, 0.5) is 5.69 Å². The fraction of sp³-hybridized carbons (Fsp3) is 0.208. The Hall–Kier alpha value is -3.07. The van der Waals surface area contributed by atoms with Gasteiger partial charge in [0.15, 0.2) is 6.61 Å². The molecule has 0 bridgehead atoms. The van der Waals surface area contributed by atoms with Crippen LogP contribution in [0.5, 0.6) is 5.75 Å².